The average molecular weight is 368 g/mol. The Morgan fingerprint density at radius 2 is 1.81 bits per heavy atom. The topological polar surface area (TPSA) is 55.7 Å². The summed E-state index contributed by atoms with van der Waals surface area (Å²) in [5, 5.41) is 3.71. The van der Waals surface area contributed by atoms with Gasteiger partial charge in [-0.15, -0.1) is 0 Å². The number of hydrogen-bond donors (Lipinski definition) is 0. The van der Waals surface area contributed by atoms with Crippen molar-refractivity contribution in [2.75, 3.05) is 0 Å². The molecule has 0 N–H and O–H groups in total. The second-order valence-corrected chi connectivity index (χ2v) is 6.97. The van der Waals surface area contributed by atoms with E-state index in [0.29, 0.717) is 5.71 Å². The maximum absolute atomic E-state index is 12.0. The Kier molecular flexibility index (Phi) is 4.80. The number of halogens is 1. The molecule has 2 rings (SSSR count). The summed E-state index contributed by atoms with van der Waals surface area (Å²) in [5.41, 5.74) is 2.23. The molecule has 0 aromatic heterocycles. The third kappa shape index (κ3) is 4.15. The molecule has 4 nitrogen and oxygen atoms in total. The Hall–Kier alpha value is -1.66. The van der Waals surface area contributed by atoms with E-state index in [1.807, 2.05) is 31.2 Å². The number of aryl methyl sites for hydroxylation is 1. The molecule has 0 fully saturated rings. The highest BCUT2D eigenvalue weighted by atomic mass is 79.9. The zero-order valence-electron chi connectivity index (χ0n) is 11.6. The van der Waals surface area contributed by atoms with E-state index >= 15 is 0 Å². The van der Waals surface area contributed by atoms with Gasteiger partial charge < -0.3 is 0 Å². The lowest BCUT2D eigenvalue weighted by atomic mass is 10.1. The van der Waals surface area contributed by atoms with Gasteiger partial charge in [0.15, 0.2) is 0 Å². The van der Waals surface area contributed by atoms with Gasteiger partial charge in [0.2, 0.25) is 0 Å². The normalized spacial score (nSPS) is 12.2. The van der Waals surface area contributed by atoms with Crippen molar-refractivity contribution in [3.63, 3.8) is 0 Å². The quantitative estimate of drug-likeness (QED) is 0.608. The number of benzene rings is 2. The van der Waals surface area contributed by atoms with Gasteiger partial charge in [0, 0.05) is 10.0 Å². The summed E-state index contributed by atoms with van der Waals surface area (Å²) in [6, 6.07) is 13.8. The third-order valence-corrected chi connectivity index (χ3v) is 4.44. The van der Waals surface area contributed by atoms with E-state index in [0.717, 1.165) is 15.6 Å². The first kappa shape index (κ1) is 15.7. The molecule has 0 saturated heterocycles. The Morgan fingerprint density at radius 1 is 1.14 bits per heavy atom. The Balaban J connectivity index is 2.21. The highest BCUT2D eigenvalue weighted by Crippen LogP contribution is 2.15. The molecule has 0 unspecified atom stereocenters. The van der Waals surface area contributed by atoms with E-state index in [9.17, 15) is 8.42 Å². The molecule has 2 aromatic rings. The van der Waals surface area contributed by atoms with Crippen LogP contribution in [0.1, 0.15) is 18.1 Å². The van der Waals surface area contributed by atoms with Crippen LogP contribution in [0.15, 0.2) is 63.1 Å². The Bertz CT molecular complexity index is 768. The van der Waals surface area contributed by atoms with Crippen molar-refractivity contribution >= 4 is 31.8 Å². The van der Waals surface area contributed by atoms with Gasteiger partial charge >= 0.3 is 10.1 Å². The van der Waals surface area contributed by atoms with Gasteiger partial charge in [-0.05, 0) is 38.1 Å². The van der Waals surface area contributed by atoms with Crippen molar-refractivity contribution in [1.29, 1.82) is 0 Å². The fourth-order valence-corrected chi connectivity index (χ4v) is 2.78. The van der Waals surface area contributed by atoms with Crippen LogP contribution in [0.25, 0.3) is 0 Å². The molecule has 0 aliphatic heterocycles. The van der Waals surface area contributed by atoms with E-state index in [2.05, 4.69) is 21.1 Å². The maximum atomic E-state index is 12.0. The standard InChI is InChI=1S/C15H14BrNO3S/c1-11-6-8-15(9-7-11)21(18,19)20-17-12(2)13-4-3-5-14(16)10-13/h3-10H,1-2H3. The summed E-state index contributed by atoms with van der Waals surface area (Å²) in [6.07, 6.45) is 0. The van der Waals surface area contributed by atoms with Gasteiger partial charge in [0.05, 0.1) is 5.71 Å². The fraction of sp³-hybridized carbons (Fsp3) is 0.133. The van der Waals surface area contributed by atoms with E-state index in [-0.39, 0.29) is 4.90 Å². The molecule has 110 valence electrons. The summed E-state index contributed by atoms with van der Waals surface area (Å²) in [6.45, 7) is 3.57. The average Bonchev–Trinajstić information content (AvgIpc) is 2.45. The molecule has 2 aromatic carbocycles. The third-order valence-electron chi connectivity index (χ3n) is 2.82. The second kappa shape index (κ2) is 6.41. The molecular formula is C15H14BrNO3S. The first-order valence-corrected chi connectivity index (χ1v) is 8.39. The number of nitrogens with zero attached hydrogens (tertiary/aromatic N) is 1. The molecule has 6 heteroatoms. The summed E-state index contributed by atoms with van der Waals surface area (Å²) in [5.74, 6) is 0. The van der Waals surface area contributed by atoms with Gasteiger partial charge in [0.25, 0.3) is 0 Å². The highest BCUT2D eigenvalue weighted by Gasteiger charge is 2.15. The fourth-order valence-electron chi connectivity index (χ4n) is 1.62. The molecule has 0 radical (unpaired) electrons. The number of hydrogen-bond acceptors (Lipinski definition) is 4. The van der Waals surface area contributed by atoms with Gasteiger partial charge in [-0.1, -0.05) is 50.9 Å². The zero-order valence-corrected chi connectivity index (χ0v) is 14.0. The molecule has 0 bridgehead atoms. The molecule has 0 amide bonds. The lowest BCUT2D eigenvalue weighted by Gasteiger charge is -2.04. The van der Waals surface area contributed by atoms with E-state index in [4.69, 9.17) is 4.28 Å². The first-order chi connectivity index (χ1) is 9.88. The smallest absolute Gasteiger partial charge is 0.265 e. The van der Waals surface area contributed by atoms with Crippen molar-refractivity contribution in [3.05, 3.63) is 64.1 Å². The lowest BCUT2D eigenvalue weighted by molar-refractivity contribution is 0.339. The predicted molar refractivity (Wildman–Crippen MR) is 85.8 cm³/mol. The van der Waals surface area contributed by atoms with Gasteiger partial charge in [-0.25, -0.2) is 0 Å². The van der Waals surface area contributed by atoms with Crippen molar-refractivity contribution in [2.24, 2.45) is 5.16 Å². The molecular weight excluding hydrogens is 354 g/mol. The minimum absolute atomic E-state index is 0.0823. The summed E-state index contributed by atoms with van der Waals surface area (Å²) in [4.78, 5) is 0.0823. The van der Waals surface area contributed by atoms with Gasteiger partial charge in [-0.2, -0.15) is 8.42 Å². The van der Waals surface area contributed by atoms with Crippen LogP contribution in [0.5, 0.6) is 0 Å². The van der Waals surface area contributed by atoms with Crippen LogP contribution in [-0.4, -0.2) is 14.1 Å². The van der Waals surface area contributed by atoms with Crippen LogP contribution in [0.4, 0.5) is 0 Å². The zero-order chi connectivity index (χ0) is 15.5. The Labute approximate surface area is 132 Å². The molecule has 0 heterocycles. The van der Waals surface area contributed by atoms with Crippen LogP contribution in [-0.2, 0) is 14.4 Å². The molecule has 0 aliphatic rings. The highest BCUT2D eigenvalue weighted by molar-refractivity contribution is 9.10. The minimum atomic E-state index is -3.89. The van der Waals surface area contributed by atoms with E-state index in [1.54, 1.807) is 19.1 Å². The maximum Gasteiger partial charge on any atom is 0.358 e. The number of oxime groups is 1. The SMILES string of the molecule is CC(=NOS(=O)(=O)c1ccc(C)cc1)c1cccc(Br)c1. The van der Waals surface area contributed by atoms with Crippen molar-refractivity contribution < 1.29 is 12.7 Å². The molecule has 0 saturated carbocycles. The van der Waals surface area contributed by atoms with Crippen LogP contribution in [0.2, 0.25) is 0 Å². The Morgan fingerprint density at radius 3 is 2.43 bits per heavy atom. The van der Waals surface area contributed by atoms with Gasteiger partial charge in [-0.3, -0.25) is 4.28 Å². The van der Waals surface area contributed by atoms with Crippen molar-refractivity contribution in [2.45, 2.75) is 18.7 Å². The summed E-state index contributed by atoms with van der Waals surface area (Å²) < 4.78 is 29.7. The molecule has 0 spiro atoms. The van der Waals surface area contributed by atoms with Crippen LogP contribution < -0.4 is 0 Å². The van der Waals surface area contributed by atoms with Crippen LogP contribution >= 0.6 is 15.9 Å². The largest absolute Gasteiger partial charge is 0.358 e. The van der Waals surface area contributed by atoms with Crippen LogP contribution in [0.3, 0.4) is 0 Å². The van der Waals surface area contributed by atoms with Gasteiger partial charge in [0.1, 0.15) is 4.90 Å². The lowest BCUT2D eigenvalue weighted by Crippen LogP contribution is -2.05. The van der Waals surface area contributed by atoms with E-state index < -0.39 is 10.1 Å². The first-order valence-electron chi connectivity index (χ1n) is 6.19. The monoisotopic (exact) mass is 367 g/mol. The van der Waals surface area contributed by atoms with Crippen molar-refractivity contribution in [1.82, 2.24) is 0 Å². The van der Waals surface area contributed by atoms with Crippen LogP contribution in [0, 0.1) is 6.92 Å². The summed E-state index contributed by atoms with van der Waals surface area (Å²) in [7, 11) is -3.89. The summed E-state index contributed by atoms with van der Waals surface area (Å²) >= 11 is 3.35. The minimum Gasteiger partial charge on any atom is -0.265 e. The second-order valence-electron chi connectivity index (χ2n) is 4.53. The van der Waals surface area contributed by atoms with E-state index in [1.165, 1.54) is 12.1 Å². The molecule has 0 aliphatic carbocycles. The predicted octanol–water partition coefficient (Wildman–Crippen LogP) is 3.89. The number of rotatable bonds is 4. The molecule has 21 heavy (non-hydrogen) atoms. The van der Waals surface area contributed by atoms with Crippen molar-refractivity contribution in [3.8, 4) is 0 Å². The molecule has 0 atom stereocenters.